The molecule has 0 aliphatic carbocycles. The minimum absolute atomic E-state index is 0.414. The number of hydrogen-bond donors (Lipinski definition) is 2. The van der Waals surface area contributed by atoms with Gasteiger partial charge in [0.05, 0.1) is 12.3 Å². The number of nitrogens with zero attached hydrogens (tertiary/aromatic N) is 1. The van der Waals surface area contributed by atoms with Gasteiger partial charge in [-0.05, 0) is 38.8 Å². The second-order valence-electron chi connectivity index (χ2n) is 6.66. The molecule has 1 aliphatic rings. The van der Waals surface area contributed by atoms with Crippen LogP contribution in [0.3, 0.4) is 0 Å². The third kappa shape index (κ3) is 4.85. The first-order chi connectivity index (χ1) is 13.8. The maximum absolute atomic E-state index is 12.5. The van der Waals surface area contributed by atoms with E-state index >= 15 is 0 Å². The van der Waals surface area contributed by atoms with Crippen LogP contribution in [0.25, 0.3) is 0 Å². The fraction of sp³-hybridized carbons (Fsp3) is 0.500. The van der Waals surface area contributed by atoms with Crippen LogP contribution in [0.15, 0.2) is 24.3 Å². The number of nitrogens with one attached hydrogen (secondary N) is 2. The molecule has 2 N–H and O–H groups in total. The Kier molecular flexibility index (Phi) is 7.19. The first-order valence-corrected chi connectivity index (χ1v) is 9.64. The number of hydrogen-bond acceptors (Lipinski definition) is 6. The van der Waals surface area contributed by atoms with Crippen molar-refractivity contribution >= 4 is 29.5 Å². The topological polar surface area (TPSA) is 114 Å². The number of urea groups is 1. The lowest BCUT2D eigenvalue weighted by molar-refractivity contribution is -0.155. The monoisotopic (exact) mass is 405 g/mol. The van der Waals surface area contributed by atoms with Gasteiger partial charge in [0, 0.05) is 0 Å². The summed E-state index contributed by atoms with van der Waals surface area (Å²) in [5, 5.41) is 5.28. The van der Waals surface area contributed by atoms with Gasteiger partial charge in [-0.1, -0.05) is 26.0 Å². The molecule has 158 valence electrons. The smallest absolute Gasteiger partial charge is 0.327 e. The third-order valence-corrected chi connectivity index (χ3v) is 4.86. The van der Waals surface area contributed by atoms with E-state index in [1.54, 1.807) is 38.1 Å². The number of rotatable bonds is 9. The van der Waals surface area contributed by atoms with Gasteiger partial charge >= 0.3 is 12.0 Å². The number of para-hydroxylation sites is 2. The maximum Gasteiger partial charge on any atom is 0.327 e. The number of benzene rings is 1. The van der Waals surface area contributed by atoms with Gasteiger partial charge in [0.2, 0.25) is 0 Å². The Morgan fingerprint density at radius 2 is 1.83 bits per heavy atom. The van der Waals surface area contributed by atoms with Crippen LogP contribution in [-0.2, 0) is 19.1 Å². The SMILES string of the molecule is CCOc1ccccc1NC(=O)[C@H](C)OC(=O)CN1C(=O)NC(CC)(CC)C1=O. The predicted molar refractivity (Wildman–Crippen MR) is 105 cm³/mol. The lowest BCUT2D eigenvalue weighted by atomic mass is 9.93. The van der Waals surface area contributed by atoms with Crippen LogP contribution in [-0.4, -0.2) is 53.5 Å². The number of anilines is 1. The summed E-state index contributed by atoms with van der Waals surface area (Å²) in [4.78, 5) is 50.0. The fourth-order valence-electron chi connectivity index (χ4n) is 3.05. The van der Waals surface area contributed by atoms with Gasteiger partial charge in [-0.3, -0.25) is 19.3 Å². The highest BCUT2D eigenvalue weighted by molar-refractivity contribution is 6.08. The maximum atomic E-state index is 12.5. The van der Waals surface area contributed by atoms with Crippen molar-refractivity contribution in [3.8, 4) is 5.75 Å². The van der Waals surface area contributed by atoms with E-state index in [1.165, 1.54) is 6.92 Å². The minimum Gasteiger partial charge on any atom is -0.492 e. The molecule has 1 aliphatic heterocycles. The Bertz CT molecular complexity index is 790. The molecule has 1 aromatic carbocycles. The van der Waals surface area contributed by atoms with E-state index in [-0.39, 0.29) is 0 Å². The predicted octanol–water partition coefficient (Wildman–Crippen LogP) is 2.07. The lowest BCUT2D eigenvalue weighted by Gasteiger charge is -2.23. The molecule has 1 aromatic rings. The molecule has 0 bridgehead atoms. The zero-order valence-corrected chi connectivity index (χ0v) is 17.1. The van der Waals surface area contributed by atoms with Crippen LogP contribution in [0.4, 0.5) is 10.5 Å². The molecule has 29 heavy (non-hydrogen) atoms. The summed E-state index contributed by atoms with van der Waals surface area (Å²) in [5.41, 5.74) is -0.546. The Labute approximate surface area is 169 Å². The number of imide groups is 1. The Morgan fingerprint density at radius 1 is 1.17 bits per heavy atom. The van der Waals surface area contributed by atoms with Crippen LogP contribution in [0.5, 0.6) is 5.75 Å². The number of carbonyl (C=O) groups is 4. The highest BCUT2D eigenvalue weighted by Gasteiger charge is 2.49. The summed E-state index contributed by atoms with van der Waals surface area (Å²) in [6, 6.07) is 6.24. The number of ether oxygens (including phenoxy) is 2. The summed E-state index contributed by atoms with van der Waals surface area (Å²) >= 11 is 0. The van der Waals surface area contributed by atoms with E-state index in [1.807, 2.05) is 6.92 Å². The molecule has 9 heteroatoms. The van der Waals surface area contributed by atoms with Crippen molar-refractivity contribution in [2.24, 2.45) is 0 Å². The quantitative estimate of drug-likeness (QED) is 0.480. The minimum atomic E-state index is -1.12. The highest BCUT2D eigenvalue weighted by Crippen LogP contribution is 2.25. The molecular formula is C20H27N3O6. The molecule has 0 unspecified atom stereocenters. The Morgan fingerprint density at radius 3 is 2.41 bits per heavy atom. The first-order valence-electron chi connectivity index (χ1n) is 9.64. The average molecular weight is 405 g/mol. The molecule has 2 rings (SSSR count). The van der Waals surface area contributed by atoms with E-state index in [2.05, 4.69) is 10.6 Å². The second kappa shape index (κ2) is 9.40. The molecule has 9 nitrogen and oxygen atoms in total. The van der Waals surface area contributed by atoms with Crippen molar-refractivity contribution in [1.29, 1.82) is 0 Å². The van der Waals surface area contributed by atoms with Crippen LogP contribution >= 0.6 is 0 Å². The third-order valence-electron chi connectivity index (χ3n) is 4.86. The zero-order valence-electron chi connectivity index (χ0n) is 17.1. The summed E-state index contributed by atoms with van der Waals surface area (Å²) in [6.45, 7) is 6.68. The average Bonchev–Trinajstić information content (AvgIpc) is 2.94. The molecule has 0 saturated carbocycles. The molecule has 0 spiro atoms. The van der Waals surface area contributed by atoms with Crippen LogP contribution in [0, 0.1) is 0 Å². The van der Waals surface area contributed by atoms with Gasteiger partial charge < -0.3 is 20.1 Å². The summed E-state index contributed by atoms with van der Waals surface area (Å²) < 4.78 is 10.6. The number of amides is 4. The normalized spacial score (nSPS) is 16.2. The molecule has 1 atom stereocenters. The standard InChI is InChI=1S/C20H27N3O6/c1-5-20(6-2)18(26)23(19(27)22-20)12-16(24)29-13(4)17(25)21-14-10-8-9-11-15(14)28-7-3/h8-11,13H,5-7,12H2,1-4H3,(H,21,25)(H,22,27)/t13-/m0/s1. The molecule has 0 aromatic heterocycles. The van der Waals surface area contributed by atoms with Crippen LogP contribution in [0.2, 0.25) is 0 Å². The lowest BCUT2D eigenvalue weighted by Crippen LogP contribution is -2.46. The van der Waals surface area contributed by atoms with Crippen molar-refractivity contribution in [3.63, 3.8) is 0 Å². The molecule has 1 fully saturated rings. The summed E-state index contributed by atoms with van der Waals surface area (Å²) in [7, 11) is 0. The number of carbonyl (C=O) groups excluding carboxylic acids is 4. The zero-order chi connectivity index (χ0) is 21.6. The largest absolute Gasteiger partial charge is 0.492 e. The van der Waals surface area contributed by atoms with E-state index in [0.29, 0.717) is 30.9 Å². The van der Waals surface area contributed by atoms with Gasteiger partial charge in [0.25, 0.3) is 11.8 Å². The molecule has 1 heterocycles. The van der Waals surface area contributed by atoms with Gasteiger partial charge in [0.15, 0.2) is 6.10 Å². The molecule has 1 saturated heterocycles. The van der Waals surface area contributed by atoms with Gasteiger partial charge in [-0.2, -0.15) is 0 Å². The molecule has 4 amide bonds. The van der Waals surface area contributed by atoms with E-state index < -0.39 is 42.0 Å². The van der Waals surface area contributed by atoms with E-state index in [4.69, 9.17) is 9.47 Å². The highest BCUT2D eigenvalue weighted by atomic mass is 16.5. The van der Waals surface area contributed by atoms with Crippen molar-refractivity contribution < 1.29 is 28.7 Å². The van der Waals surface area contributed by atoms with Crippen molar-refractivity contribution in [2.45, 2.75) is 52.2 Å². The van der Waals surface area contributed by atoms with Gasteiger partial charge in [0.1, 0.15) is 17.8 Å². The fourth-order valence-corrected chi connectivity index (χ4v) is 3.05. The number of esters is 1. The molecular weight excluding hydrogens is 378 g/mol. The van der Waals surface area contributed by atoms with Crippen molar-refractivity contribution in [2.75, 3.05) is 18.5 Å². The van der Waals surface area contributed by atoms with Crippen molar-refractivity contribution in [1.82, 2.24) is 10.2 Å². The van der Waals surface area contributed by atoms with Crippen molar-refractivity contribution in [3.05, 3.63) is 24.3 Å². The second-order valence-corrected chi connectivity index (χ2v) is 6.66. The van der Waals surface area contributed by atoms with E-state index in [0.717, 1.165) is 4.90 Å². The van der Waals surface area contributed by atoms with Gasteiger partial charge in [-0.25, -0.2) is 4.79 Å². The molecule has 0 radical (unpaired) electrons. The van der Waals surface area contributed by atoms with Crippen LogP contribution in [0.1, 0.15) is 40.5 Å². The summed E-state index contributed by atoms with van der Waals surface area (Å²) in [6.07, 6.45) is -0.296. The van der Waals surface area contributed by atoms with Gasteiger partial charge in [-0.15, -0.1) is 0 Å². The first kappa shape index (κ1) is 22.2. The van der Waals surface area contributed by atoms with E-state index in [9.17, 15) is 19.2 Å². The Hall–Kier alpha value is -3.10. The Balaban J connectivity index is 1.96. The van der Waals surface area contributed by atoms with Crippen LogP contribution < -0.4 is 15.4 Å². The summed E-state index contributed by atoms with van der Waals surface area (Å²) in [5.74, 6) is -1.37.